The Morgan fingerprint density at radius 2 is 2.31 bits per heavy atom. The first kappa shape index (κ1) is 11.1. The first-order valence-electron chi connectivity index (χ1n) is 5.86. The maximum absolute atomic E-state index is 6.16. The molecule has 5 heteroatoms. The molecule has 0 spiro atoms. The summed E-state index contributed by atoms with van der Waals surface area (Å²) in [5.41, 5.74) is 7.38. The zero-order valence-electron chi connectivity index (χ0n) is 9.16. The second-order valence-corrected chi connectivity index (χ2v) is 6.51. The average molecular weight is 302 g/mol. The topological polar surface area (TPSA) is 43.8 Å². The van der Waals surface area contributed by atoms with Gasteiger partial charge in [0.25, 0.3) is 0 Å². The molecule has 3 nitrogen and oxygen atoms in total. The Bertz CT molecular complexity index is 398. The summed E-state index contributed by atoms with van der Waals surface area (Å²) in [6.07, 6.45) is 3.54. The molecular weight excluding hydrogens is 286 g/mol. The van der Waals surface area contributed by atoms with Gasteiger partial charge in [-0.3, -0.25) is 0 Å². The number of nitrogens with zero attached hydrogens (tertiary/aromatic N) is 2. The van der Waals surface area contributed by atoms with Gasteiger partial charge in [-0.05, 0) is 40.9 Å². The Morgan fingerprint density at radius 3 is 3.06 bits per heavy atom. The molecule has 1 aromatic rings. The Labute approximate surface area is 108 Å². The van der Waals surface area contributed by atoms with E-state index < -0.39 is 0 Å². The molecule has 2 aliphatic rings. The fourth-order valence-electron chi connectivity index (χ4n) is 2.70. The number of hydrogen-bond donors (Lipinski definition) is 1. The van der Waals surface area contributed by atoms with Crippen LogP contribution in [0, 0.1) is 0 Å². The summed E-state index contributed by atoms with van der Waals surface area (Å²) in [7, 11) is 0. The van der Waals surface area contributed by atoms with E-state index in [-0.39, 0.29) is 6.04 Å². The maximum atomic E-state index is 6.16. The molecular formula is C11H16BrN3S. The third-order valence-corrected chi connectivity index (χ3v) is 5.28. The van der Waals surface area contributed by atoms with Crippen LogP contribution in [0.3, 0.4) is 0 Å². The van der Waals surface area contributed by atoms with Crippen molar-refractivity contribution in [3.05, 3.63) is 16.1 Å². The normalized spacial score (nSPS) is 29.4. The van der Waals surface area contributed by atoms with E-state index in [1.165, 1.54) is 35.9 Å². The third kappa shape index (κ3) is 1.73. The first-order chi connectivity index (χ1) is 7.77. The lowest BCUT2D eigenvalue weighted by molar-refractivity contribution is 0.443. The largest absolute Gasteiger partial charge is 0.329 e. The zero-order chi connectivity index (χ0) is 11.1. The number of rotatable bonds is 1. The number of thioether (sulfide) groups is 1. The van der Waals surface area contributed by atoms with Gasteiger partial charge in [0.1, 0.15) is 10.4 Å². The predicted octanol–water partition coefficient (Wildman–Crippen LogP) is 2.66. The van der Waals surface area contributed by atoms with Crippen LogP contribution in [0.15, 0.2) is 4.60 Å². The van der Waals surface area contributed by atoms with Crippen molar-refractivity contribution in [3.63, 3.8) is 0 Å². The van der Waals surface area contributed by atoms with E-state index in [1.54, 1.807) is 0 Å². The van der Waals surface area contributed by atoms with Gasteiger partial charge >= 0.3 is 0 Å². The Balaban J connectivity index is 2.02. The first-order valence-corrected chi connectivity index (χ1v) is 7.81. The number of aromatic nitrogens is 2. The van der Waals surface area contributed by atoms with Gasteiger partial charge in [0, 0.05) is 24.3 Å². The van der Waals surface area contributed by atoms with Gasteiger partial charge in [0.05, 0.1) is 5.69 Å². The molecule has 2 atom stereocenters. The molecule has 1 saturated heterocycles. The fraction of sp³-hybridized carbons (Fsp3) is 0.727. The summed E-state index contributed by atoms with van der Waals surface area (Å²) >= 11 is 5.61. The molecule has 0 radical (unpaired) electrons. The van der Waals surface area contributed by atoms with Gasteiger partial charge in [-0.25, -0.2) is 4.98 Å². The highest BCUT2D eigenvalue weighted by Crippen LogP contribution is 2.37. The monoisotopic (exact) mass is 301 g/mol. The Kier molecular flexibility index (Phi) is 3.02. The van der Waals surface area contributed by atoms with Gasteiger partial charge in [-0.15, -0.1) is 0 Å². The molecule has 3 heterocycles. The van der Waals surface area contributed by atoms with Crippen molar-refractivity contribution in [2.45, 2.75) is 37.8 Å². The zero-order valence-corrected chi connectivity index (χ0v) is 11.6. The maximum Gasteiger partial charge on any atom is 0.129 e. The quantitative estimate of drug-likeness (QED) is 0.867. The van der Waals surface area contributed by atoms with E-state index in [0.717, 1.165) is 17.6 Å². The molecule has 0 saturated carbocycles. The lowest BCUT2D eigenvalue weighted by Crippen LogP contribution is -2.23. The van der Waals surface area contributed by atoms with Crippen LogP contribution in [-0.2, 0) is 6.54 Å². The lowest BCUT2D eigenvalue weighted by Gasteiger charge is -2.23. The van der Waals surface area contributed by atoms with E-state index in [0.29, 0.717) is 5.92 Å². The smallest absolute Gasteiger partial charge is 0.129 e. The summed E-state index contributed by atoms with van der Waals surface area (Å²) in [6, 6.07) is 0.165. The molecule has 2 unspecified atom stereocenters. The second kappa shape index (κ2) is 4.35. The van der Waals surface area contributed by atoms with Gasteiger partial charge in [-0.1, -0.05) is 0 Å². The molecule has 1 aromatic heterocycles. The number of nitrogens with two attached hydrogens (primary N) is 1. The van der Waals surface area contributed by atoms with Crippen LogP contribution in [0.2, 0.25) is 0 Å². The summed E-state index contributed by atoms with van der Waals surface area (Å²) in [4.78, 5) is 4.71. The van der Waals surface area contributed by atoms with Crippen LogP contribution in [0.1, 0.15) is 42.7 Å². The van der Waals surface area contributed by atoms with E-state index >= 15 is 0 Å². The Hall–Kier alpha value is -0.0000000000000000555. The minimum absolute atomic E-state index is 0.165. The van der Waals surface area contributed by atoms with Gasteiger partial charge in [0.15, 0.2) is 0 Å². The Morgan fingerprint density at radius 1 is 1.44 bits per heavy atom. The highest BCUT2D eigenvalue weighted by Gasteiger charge is 2.29. The molecule has 0 aliphatic carbocycles. The number of imidazole rings is 1. The molecule has 0 amide bonds. The molecule has 88 valence electrons. The summed E-state index contributed by atoms with van der Waals surface area (Å²) < 4.78 is 3.35. The summed E-state index contributed by atoms with van der Waals surface area (Å²) in [5, 5.41) is 0. The van der Waals surface area contributed by atoms with Crippen molar-refractivity contribution in [3.8, 4) is 0 Å². The van der Waals surface area contributed by atoms with Gasteiger partial charge < -0.3 is 10.3 Å². The molecule has 1 fully saturated rings. The van der Waals surface area contributed by atoms with E-state index in [9.17, 15) is 0 Å². The van der Waals surface area contributed by atoms with E-state index in [2.05, 4.69) is 20.5 Å². The van der Waals surface area contributed by atoms with Gasteiger partial charge in [-0.2, -0.15) is 11.8 Å². The predicted molar refractivity (Wildman–Crippen MR) is 70.8 cm³/mol. The average Bonchev–Trinajstić information content (AvgIpc) is 2.86. The summed E-state index contributed by atoms with van der Waals surface area (Å²) in [5.74, 6) is 4.40. The lowest BCUT2D eigenvalue weighted by atomic mass is 10.0. The third-order valence-electron chi connectivity index (χ3n) is 3.53. The number of fused-ring (bicyclic) bond motifs is 1. The molecule has 0 aromatic carbocycles. The van der Waals surface area contributed by atoms with Crippen LogP contribution < -0.4 is 5.73 Å². The number of hydrogen-bond acceptors (Lipinski definition) is 3. The van der Waals surface area contributed by atoms with Crippen molar-refractivity contribution in [1.82, 2.24) is 9.55 Å². The molecule has 2 N–H and O–H groups in total. The van der Waals surface area contributed by atoms with Crippen molar-refractivity contribution >= 4 is 27.7 Å². The van der Waals surface area contributed by atoms with Crippen LogP contribution >= 0.6 is 27.7 Å². The highest BCUT2D eigenvalue weighted by molar-refractivity contribution is 9.10. The van der Waals surface area contributed by atoms with E-state index in [4.69, 9.17) is 10.7 Å². The van der Waals surface area contributed by atoms with E-state index in [1.807, 2.05) is 11.8 Å². The van der Waals surface area contributed by atoms with Crippen molar-refractivity contribution in [2.24, 2.45) is 5.73 Å². The van der Waals surface area contributed by atoms with Crippen LogP contribution in [-0.4, -0.2) is 21.1 Å². The van der Waals surface area contributed by atoms with Crippen molar-refractivity contribution < 1.29 is 0 Å². The van der Waals surface area contributed by atoms with Crippen LogP contribution in [0.25, 0.3) is 0 Å². The standard InChI is InChI=1S/C11H16BrN3S/c12-10-9-8(13)2-1-4-15(9)11(14-10)7-3-5-16-6-7/h7-8H,1-6,13H2. The SMILES string of the molecule is NC1CCCn2c(C3CCSC3)nc(Br)c21. The van der Waals surface area contributed by atoms with Gasteiger partial charge in [0.2, 0.25) is 0 Å². The van der Waals surface area contributed by atoms with Crippen LogP contribution in [0.5, 0.6) is 0 Å². The van der Waals surface area contributed by atoms with Crippen LogP contribution in [0.4, 0.5) is 0 Å². The molecule has 3 rings (SSSR count). The van der Waals surface area contributed by atoms with Crippen molar-refractivity contribution in [2.75, 3.05) is 11.5 Å². The van der Waals surface area contributed by atoms with Crippen molar-refractivity contribution in [1.29, 1.82) is 0 Å². The minimum atomic E-state index is 0.165. The second-order valence-electron chi connectivity index (χ2n) is 4.61. The fourth-order valence-corrected chi connectivity index (χ4v) is 4.60. The molecule has 2 aliphatic heterocycles. The summed E-state index contributed by atoms with van der Waals surface area (Å²) in [6.45, 7) is 1.10. The minimum Gasteiger partial charge on any atom is -0.329 e. The highest BCUT2D eigenvalue weighted by atomic mass is 79.9. The molecule has 16 heavy (non-hydrogen) atoms. The molecule has 0 bridgehead atoms. The number of halogens is 1.